The van der Waals surface area contributed by atoms with Crippen LogP contribution >= 0.6 is 11.8 Å². The van der Waals surface area contributed by atoms with Crippen molar-refractivity contribution in [1.82, 2.24) is 15.1 Å². The zero-order valence-electron chi connectivity index (χ0n) is 18.6. The average Bonchev–Trinajstić information content (AvgIpc) is 3.34. The lowest BCUT2D eigenvalue weighted by atomic mass is 10.2. The lowest BCUT2D eigenvalue weighted by molar-refractivity contribution is -0.115. The molecule has 4 rings (SSSR count). The number of benzene rings is 1. The fourth-order valence-corrected chi connectivity index (χ4v) is 4.09. The van der Waals surface area contributed by atoms with E-state index in [0.717, 1.165) is 5.56 Å². The Morgan fingerprint density at radius 3 is 2.52 bits per heavy atom. The summed E-state index contributed by atoms with van der Waals surface area (Å²) in [6.45, 7) is 7.35. The SMILES string of the molecule is CCC(Sc1nc(NC(=O)c2ccccc2)c2c(C)c(C)oc2n1)C(=O)Nc1cc(C)on1. The number of furan rings is 1. The highest BCUT2D eigenvalue weighted by molar-refractivity contribution is 8.00. The van der Waals surface area contributed by atoms with E-state index in [9.17, 15) is 9.59 Å². The minimum absolute atomic E-state index is 0.249. The largest absolute Gasteiger partial charge is 0.443 e. The lowest BCUT2D eigenvalue weighted by Crippen LogP contribution is -2.25. The molecule has 0 bridgehead atoms. The number of hydrogen-bond donors (Lipinski definition) is 2. The van der Waals surface area contributed by atoms with Crippen LogP contribution in [-0.4, -0.2) is 32.2 Å². The van der Waals surface area contributed by atoms with E-state index in [0.29, 0.717) is 51.4 Å². The van der Waals surface area contributed by atoms with Crippen molar-refractivity contribution in [3.05, 3.63) is 59.0 Å². The van der Waals surface area contributed by atoms with Crippen molar-refractivity contribution in [2.45, 2.75) is 44.5 Å². The number of rotatable bonds is 7. The van der Waals surface area contributed by atoms with Crippen molar-refractivity contribution in [2.24, 2.45) is 0 Å². The topological polar surface area (TPSA) is 123 Å². The van der Waals surface area contributed by atoms with Crippen LogP contribution in [0.2, 0.25) is 0 Å². The van der Waals surface area contributed by atoms with E-state index < -0.39 is 5.25 Å². The number of nitrogens with zero attached hydrogens (tertiary/aromatic N) is 3. The van der Waals surface area contributed by atoms with E-state index in [2.05, 4.69) is 25.8 Å². The van der Waals surface area contributed by atoms with Crippen LogP contribution in [0.5, 0.6) is 0 Å². The third-order valence-corrected chi connectivity index (χ3v) is 6.29. The molecule has 0 saturated carbocycles. The molecule has 3 heterocycles. The zero-order chi connectivity index (χ0) is 23.5. The lowest BCUT2D eigenvalue weighted by Gasteiger charge is -2.13. The fourth-order valence-electron chi connectivity index (χ4n) is 3.22. The standard InChI is InChI=1S/C23H23N5O4S/c1-5-16(21(30)24-17-11-12(2)32-28-17)33-23-26-19(18-13(3)14(4)31-22(18)27-23)25-20(29)15-9-7-6-8-10-15/h6-11,16H,5H2,1-4H3,(H,24,28,30)(H,25,26,27,29). The number of fused-ring (bicyclic) bond motifs is 1. The molecule has 1 aromatic carbocycles. The summed E-state index contributed by atoms with van der Waals surface area (Å²) in [6.07, 6.45) is 0.524. The highest BCUT2D eigenvalue weighted by atomic mass is 32.2. The summed E-state index contributed by atoms with van der Waals surface area (Å²) < 4.78 is 10.8. The van der Waals surface area contributed by atoms with E-state index in [4.69, 9.17) is 8.94 Å². The molecule has 0 aliphatic carbocycles. The predicted molar refractivity (Wildman–Crippen MR) is 125 cm³/mol. The highest BCUT2D eigenvalue weighted by Crippen LogP contribution is 2.33. The average molecular weight is 466 g/mol. The number of aryl methyl sites for hydroxylation is 3. The van der Waals surface area contributed by atoms with Crippen LogP contribution in [0.4, 0.5) is 11.6 Å². The molecule has 3 aromatic heterocycles. The van der Waals surface area contributed by atoms with Gasteiger partial charge >= 0.3 is 0 Å². The maximum atomic E-state index is 12.8. The Morgan fingerprint density at radius 1 is 1.09 bits per heavy atom. The van der Waals surface area contributed by atoms with Crippen molar-refractivity contribution in [2.75, 3.05) is 10.6 Å². The monoisotopic (exact) mass is 465 g/mol. The summed E-state index contributed by atoms with van der Waals surface area (Å²) in [5.41, 5.74) is 1.70. The Balaban J connectivity index is 1.63. The minimum atomic E-state index is -0.491. The quantitative estimate of drug-likeness (QED) is 0.292. The molecule has 0 aliphatic rings. The second-order valence-electron chi connectivity index (χ2n) is 7.47. The van der Waals surface area contributed by atoms with Crippen LogP contribution in [0, 0.1) is 20.8 Å². The van der Waals surface area contributed by atoms with Gasteiger partial charge in [0.15, 0.2) is 11.0 Å². The number of thioether (sulfide) groups is 1. The summed E-state index contributed by atoms with van der Waals surface area (Å²) in [5, 5.41) is 9.87. The van der Waals surface area contributed by atoms with E-state index in [-0.39, 0.29) is 11.8 Å². The molecule has 4 aromatic rings. The summed E-state index contributed by atoms with van der Waals surface area (Å²) in [4.78, 5) is 34.6. The molecule has 0 saturated heterocycles. The molecule has 0 spiro atoms. The molecule has 33 heavy (non-hydrogen) atoms. The summed E-state index contributed by atoms with van der Waals surface area (Å²) in [7, 11) is 0. The highest BCUT2D eigenvalue weighted by Gasteiger charge is 2.24. The molecule has 0 aliphatic heterocycles. The van der Waals surface area contributed by atoms with Gasteiger partial charge in [-0.05, 0) is 39.3 Å². The minimum Gasteiger partial charge on any atom is -0.443 e. The molecule has 2 amide bonds. The first-order chi connectivity index (χ1) is 15.9. The van der Waals surface area contributed by atoms with Crippen molar-refractivity contribution in [3.63, 3.8) is 0 Å². The van der Waals surface area contributed by atoms with Gasteiger partial charge in [0.05, 0.1) is 10.6 Å². The van der Waals surface area contributed by atoms with Gasteiger partial charge in [0, 0.05) is 17.2 Å². The second-order valence-corrected chi connectivity index (χ2v) is 8.64. The Kier molecular flexibility index (Phi) is 6.45. The predicted octanol–water partition coefficient (Wildman–Crippen LogP) is 4.90. The van der Waals surface area contributed by atoms with Crippen LogP contribution in [0.1, 0.15) is 40.8 Å². The Morgan fingerprint density at radius 2 is 1.85 bits per heavy atom. The summed E-state index contributed by atoms with van der Waals surface area (Å²) in [6, 6.07) is 10.5. The van der Waals surface area contributed by atoms with Crippen LogP contribution < -0.4 is 10.6 Å². The number of carbonyl (C=O) groups excluding carboxylic acids is 2. The molecule has 10 heteroatoms. The van der Waals surface area contributed by atoms with Gasteiger partial charge < -0.3 is 19.6 Å². The van der Waals surface area contributed by atoms with Crippen LogP contribution in [0.25, 0.3) is 11.1 Å². The van der Waals surface area contributed by atoms with Crippen molar-refractivity contribution in [1.29, 1.82) is 0 Å². The fraction of sp³-hybridized carbons (Fsp3) is 0.261. The van der Waals surface area contributed by atoms with Gasteiger partial charge in [-0.15, -0.1) is 0 Å². The first-order valence-corrected chi connectivity index (χ1v) is 11.3. The Hall–Kier alpha value is -3.66. The van der Waals surface area contributed by atoms with Gasteiger partial charge in [0.25, 0.3) is 5.91 Å². The van der Waals surface area contributed by atoms with Crippen LogP contribution in [-0.2, 0) is 4.79 Å². The first-order valence-electron chi connectivity index (χ1n) is 10.4. The van der Waals surface area contributed by atoms with Gasteiger partial charge in [-0.3, -0.25) is 9.59 Å². The zero-order valence-corrected chi connectivity index (χ0v) is 19.4. The molecule has 1 unspecified atom stereocenters. The third-order valence-electron chi connectivity index (χ3n) is 5.07. The van der Waals surface area contributed by atoms with Crippen LogP contribution in [0.15, 0.2) is 50.5 Å². The number of hydrogen-bond acceptors (Lipinski definition) is 8. The van der Waals surface area contributed by atoms with E-state index in [1.807, 2.05) is 26.8 Å². The molecule has 2 N–H and O–H groups in total. The number of aromatic nitrogens is 3. The van der Waals surface area contributed by atoms with Crippen molar-refractivity contribution >= 4 is 46.3 Å². The third kappa shape index (κ3) is 4.90. The maximum absolute atomic E-state index is 12.8. The second kappa shape index (κ2) is 9.45. The van der Waals surface area contributed by atoms with Gasteiger partial charge in [-0.25, -0.2) is 4.98 Å². The van der Waals surface area contributed by atoms with E-state index >= 15 is 0 Å². The smallest absolute Gasteiger partial charge is 0.256 e. The van der Waals surface area contributed by atoms with Gasteiger partial charge in [-0.2, -0.15) is 4.98 Å². The molecule has 170 valence electrons. The summed E-state index contributed by atoms with van der Waals surface area (Å²) in [5.74, 6) is 1.43. The number of amides is 2. The van der Waals surface area contributed by atoms with Gasteiger partial charge in [0.2, 0.25) is 11.6 Å². The van der Waals surface area contributed by atoms with Gasteiger partial charge in [0.1, 0.15) is 17.3 Å². The van der Waals surface area contributed by atoms with E-state index in [1.54, 1.807) is 37.3 Å². The van der Waals surface area contributed by atoms with Crippen LogP contribution in [0.3, 0.4) is 0 Å². The van der Waals surface area contributed by atoms with Crippen molar-refractivity contribution in [3.8, 4) is 0 Å². The Bertz CT molecular complexity index is 1320. The Labute approximate surface area is 194 Å². The molecule has 0 radical (unpaired) electrons. The number of carbonyl (C=O) groups is 2. The molecule has 0 fully saturated rings. The molecule has 1 atom stereocenters. The molecule has 9 nitrogen and oxygen atoms in total. The summed E-state index contributed by atoms with van der Waals surface area (Å²) >= 11 is 1.19. The van der Waals surface area contributed by atoms with Gasteiger partial charge in [-0.1, -0.05) is 42.0 Å². The number of anilines is 2. The molecular weight excluding hydrogens is 442 g/mol. The molecular formula is C23H23N5O4S. The van der Waals surface area contributed by atoms with Crippen molar-refractivity contribution < 1.29 is 18.5 Å². The number of nitrogens with one attached hydrogen (secondary N) is 2. The van der Waals surface area contributed by atoms with E-state index in [1.165, 1.54) is 11.8 Å². The first kappa shape index (κ1) is 22.5. The normalized spacial score (nSPS) is 12.0. The maximum Gasteiger partial charge on any atom is 0.256 e.